The summed E-state index contributed by atoms with van der Waals surface area (Å²) in [6, 6.07) is 0. The van der Waals surface area contributed by atoms with Crippen molar-refractivity contribution in [2.75, 3.05) is 0 Å². The summed E-state index contributed by atoms with van der Waals surface area (Å²) >= 11 is 4.73. The van der Waals surface area contributed by atoms with E-state index in [1.807, 2.05) is 0 Å². The molecule has 13 heteroatoms. The summed E-state index contributed by atoms with van der Waals surface area (Å²) in [5.74, 6) is 1.56. The molecule has 1 aliphatic carbocycles. The van der Waals surface area contributed by atoms with E-state index in [0.717, 1.165) is 0 Å². The molecule has 1 saturated carbocycles. The fraction of sp³-hybridized carbons (Fsp3) is 0.400. The fourth-order valence-corrected chi connectivity index (χ4v) is 5.44. The van der Waals surface area contributed by atoms with Crippen molar-refractivity contribution in [2.45, 2.75) is 20.8 Å². The van der Waals surface area contributed by atoms with Gasteiger partial charge >= 0.3 is 114 Å². The minimum Gasteiger partial charge on any atom is 0 e. The van der Waals surface area contributed by atoms with Crippen LogP contribution < -0.4 is 0 Å². The largest absolute Gasteiger partial charge is 0 e. The van der Waals surface area contributed by atoms with Crippen LogP contribution in [-0.2, 0) is 269 Å². The van der Waals surface area contributed by atoms with E-state index in [2.05, 4.69) is 27.4 Å². The molecule has 0 unspecified atom stereocenters. The van der Waals surface area contributed by atoms with Crippen molar-refractivity contribution in [3.8, 4) is 0 Å². The first-order chi connectivity index (χ1) is 5.80. The Balaban J connectivity index is -0.0000000211. The molecule has 0 bridgehead atoms. The average molecular weight is 2520 g/mol. The van der Waals surface area contributed by atoms with E-state index >= 15 is 0 Å². The Labute approximate surface area is 317 Å². The van der Waals surface area contributed by atoms with E-state index in [-0.39, 0.29) is 216 Å². The summed E-state index contributed by atoms with van der Waals surface area (Å²) in [5.41, 5.74) is 1.59. The molecule has 23 heavy (non-hydrogen) atoms. The summed E-state index contributed by atoms with van der Waals surface area (Å²) in [7, 11) is 0. The summed E-state index contributed by atoms with van der Waals surface area (Å²) in [5, 5.41) is 0. The van der Waals surface area contributed by atoms with Crippen molar-refractivity contribution in [3.63, 3.8) is 0 Å². The SMILES string of the molecule is C=C1[C](=[W])[C](=[W])[C-](C)C(C)(C)[C]1=[W].[W].[W].[W].[W].[W].[W].[W].[W].[W].[W]. The third-order valence-electron chi connectivity index (χ3n) is 2.60. The van der Waals surface area contributed by atoms with E-state index in [1.165, 1.54) is 13.4 Å². The van der Waals surface area contributed by atoms with Gasteiger partial charge in [-0.3, -0.25) is 0 Å². The molecule has 1 rings (SSSR count). The quantitative estimate of drug-likeness (QED) is 0.322. The number of rotatable bonds is 0. The number of allylic oxidation sites excluding steroid dienone is 1. The fourth-order valence-electron chi connectivity index (χ4n) is 1.24. The average Bonchev–Trinajstić information content (AvgIpc) is 2.09. The van der Waals surface area contributed by atoms with Crippen molar-refractivity contribution in [1.29, 1.82) is 0 Å². The zero-order valence-corrected chi connectivity index (χ0v) is 50.1. The molecule has 0 aliphatic heterocycles. The monoisotopic (exact) mass is 2520 g/mol. The van der Waals surface area contributed by atoms with Crippen molar-refractivity contribution in [1.82, 2.24) is 0 Å². The second kappa shape index (κ2) is 30.3. The third-order valence-corrected chi connectivity index (χ3v) is 10.8. The van der Waals surface area contributed by atoms with Gasteiger partial charge in [0.2, 0.25) is 0 Å². The zero-order valence-electron chi connectivity index (χ0n) is 12.0. The standard InChI is InChI=1S/C10H11.13W/c1-8-5-6-9(2)10(3,4)7-8;;;;;;;;;;;;;/h1H2,2-4H3;;;;;;;;;;;;;/q-1;;;;;;;;;;;;;. The van der Waals surface area contributed by atoms with Gasteiger partial charge in [-0.2, -0.15) is 0 Å². The number of hydrogen-bond acceptors (Lipinski definition) is 0. The Bertz CT molecular complexity index is 336. The van der Waals surface area contributed by atoms with Crippen LogP contribution in [0, 0.1) is 11.3 Å². The molecule has 0 N–H and O–H groups in total. The van der Waals surface area contributed by atoms with E-state index in [9.17, 15) is 0 Å². The predicted octanol–water partition coefficient (Wildman–Crippen LogP) is 1.31. The predicted molar refractivity (Wildman–Crippen MR) is 46.9 cm³/mol. The van der Waals surface area contributed by atoms with E-state index in [1.54, 1.807) is 67.9 Å². The van der Waals surface area contributed by atoms with Gasteiger partial charge in [0.25, 0.3) is 0 Å². The summed E-state index contributed by atoms with van der Waals surface area (Å²) in [6.45, 7) is 11.1. The Morgan fingerprint density at radius 3 is 1.26 bits per heavy atom. The molecule has 0 aromatic rings. The van der Waals surface area contributed by atoms with Crippen molar-refractivity contribution >= 4 is 11.7 Å². The molecule has 1 aliphatic rings. The molecule has 0 atom stereocenters. The van der Waals surface area contributed by atoms with Crippen LogP contribution in [0.3, 0.4) is 0 Å². The van der Waals surface area contributed by atoms with Gasteiger partial charge in [0.15, 0.2) is 0 Å². The van der Waals surface area contributed by atoms with Gasteiger partial charge in [0.05, 0.1) is 0 Å². The molecule has 0 radical (unpaired) electrons. The molecule has 0 spiro atoms. The second-order valence-electron chi connectivity index (χ2n) is 3.72. The van der Waals surface area contributed by atoms with Crippen molar-refractivity contribution < 1.29 is 269 Å². The van der Waals surface area contributed by atoms with Gasteiger partial charge in [0, 0.05) is 211 Å². The summed E-state index contributed by atoms with van der Waals surface area (Å²) in [4.78, 5) is 0. The van der Waals surface area contributed by atoms with Crippen molar-refractivity contribution in [2.24, 2.45) is 5.41 Å². The van der Waals surface area contributed by atoms with Crippen LogP contribution in [0.4, 0.5) is 0 Å². The first-order valence-electron chi connectivity index (χ1n) is 3.97. The molecule has 0 aromatic carbocycles. The Morgan fingerprint density at radius 1 is 0.739 bits per heavy atom. The molecule has 130 valence electrons. The summed E-state index contributed by atoms with van der Waals surface area (Å²) < 4.78 is 4.58. The molecule has 1 fully saturated rings. The Hall–Kier alpha value is 8.30. The zero-order chi connectivity index (χ0) is 10.4. The minimum atomic E-state index is 0. The van der Waals surface area contributed by atoms with Crippen LogP contribution in [-0.4, -0.2) is 11.7 Å². The maximum absolute atomic E-state index is 4.20. The smallest absolute Gasteiger partial charge is 0 e. The van der Waals surface area contributed by atoms with Crippen LogP contribution in [0.5, 0.6) is 0 Å². The second-order valence-corrected chi connectivity index (χ2v) is 8.12. The maximum atomic E-state index is 4.20. The van der Waals surface area contributed by atoms with Crippen molar-refractivity contribution in [3.05, 3.63) is 18.1 Å². The van der Waals surface area contributed by atoms with E-state index in [0.29, 0.717) is 0 Å². The Kier molecular flexibility index (Phi) is 83.4. The maximum Gasteiger partial charge on any atom is 0 e. The minimum absolute atomic E-state index is 0. The van der Waals surface area contributed by atoms with Gasteiger partial charge in [-0.1, -0.05) is 0 Å². The molecule has 0 heterocycles. The van der Waals surface area contributed by atoms with E-state index in [4.69, 9.17) is 0 Å². The summed E-state index contributed by atoms with van der Waals surface area (Å²) in [6.07, 6.45) is 0. The molecular weight excluding hydrogens is 2510 g/mol. The van der Waals surface area contributed by atoms with Gasteiger partial charge in [-0.05, 0) is 0 Å². The van der Waals surface area contributed by atoms with Gasteiger partial charge in [0.1, 0.15) is 0 Å². The molecule has 0 saturated heterocycles. The topological polar surface area (TPSA) is 0 Å². The third kappa shape index (κ3) is 18.4. The van der Waals surface area contributed by atoms with Crippen LogP contribution in [0.1, 0.15) is 20.8 Å². The van der Waals surface area contributed by atoms with Crippen LogP contribution in [0.2, 0.25) is 0 Å². The Morgan fingerprint density at radius 2 is 1.00 bits per heavy atom. The van der Waals surface area contributed by atoms with Gasteiger partial charge in [-0.15, -0.1) is 0 Å². The molecule has 0 nitrogen and oxygen atoms in total. The van der Waals surface area contributed by atoms with Gasteiger partial charge in [-0.25, -0.2) is 0 Å². The molecular formula is C10H11W13-. The number of hydrogen-bond donors (Lipinski definition) is 0. The van der Waals surface area contributed by atoms with Crippen LogP contribution in [0.25, 0.3) is 0 Å². The van der Waals surface area contributed by atoms with Gasteiger partial charge < -0.3 is 0 Å². The van der Waals surface area contributed by atoms with E-state index < -0.39 is 0 Å². The van der Waals surface area contributed by atoms with Crippen LogP contribution >= 0.6 is 0 Å². The first-order valence-corrected chi connectivity index (χ1v) is 8.37. The normalized spacial score (nSPS) is 13.5. The first kappa shape index (κ1) is 63.3. The van der Waals surface area contributed by atoms with Crippen LogP contribution in [0.15, 0.2) is 12.2 Å². The molecule has 0 amide bonds. The molecule has 0 aromatic heterocycles.